The Hall–Kier alpha value is -2.77. The summed E-state index contributed by atoms with van der Waals surface area (Å²) in [5.74, 6) is -0.840. The van der Waals surface area contributed by atoms with E-state index in [-0.39, 0.29) is 12.8 Å². The lowest BCUT2D eigenvalue weighted by Gasteiger charge is -2.09. The highest BCUT2D eigenvalue weighted by Crippen LogP contribution is 2.25. The van der Waals surface area contributed by atoms with Crippen molar-refractivity contribution in [3.63, 3.8) is 0 Å². The van der Waals surface area contributed by atoms with Gasteiger partial charge in [0.2, 0.25) is 11.8 Å². The molecule has 0 spiro atoms. The number of rotatable bonds is 7. The molecule has 0 aliphatic rings. The van der Waals surface area contributed by atoms with Gasteiger partial charge in [-0.05, 0) is 43.3 Å². The molecule has 9 heteroatoms. The van der Waals surface area contributed by atoms with Gasteiger partial charge in [0.15, 0.2) is 0 Å². The number of ether oxygens (including phenoxy) is 1. The number of hydrazine groups is 1. The monoisotopic (exact) mass is 423 g/mol. The predicted octanol–water partition coefficient (Wildman–Crippen LogP) is 3.57. The third-order valence-electron chi connectivity index (χ3n) is 3.51. The Kier molecular flexibility index (Phi) is 8.10. The van der Waals surface area contributed by atoms with E-state index in [1.54, 1.807) is 36.4 Å². The summed E-state index contributed by atoms with van der Waals surface area (Å²) in [5, 5.41) is 3.34. The molecule has 0 saturated carbocycles. The fraction of sp³-hybridized carbons (Fsp3) is 0.211. The van der Waals surface area contributed by atoms with Gasteiger partial charge in [0, 0.05) is 23.4 Å². The number of hydrogen-bond acceptors (Lipinski definition) is 4. The number of benzene rings is 2. The summed E-state index contributed by atoms with van der Waals surface area (Å²) in [6.45, 7) is 2.31. The van der Waals surface area contributed by atoms with Crippen LogP contribution in [0.3, 0.4) is 0 Å². The minimum atomic E-state index is -0.508. The van der Waals surface area contributed by atoms with Crippen molar-refractivity contribution in [1.29, 1.82) is 0 Å². The summed E-state index contributed by atoms with van der Waals surface area (Å²) < 4.78 is 5.32. The molecular weight excluding hydrogens is 405 g/mol. The van der Waals surface area contributed by atoms with Crippen molar-refractivity contribution in [3.8, 4) is 5.75 Å². The largest absolute Gasteiger partial charge is 0.494 e. The first-order valence-corrected chi connectivity index (χ1v) is 9.21. The van der Waals surface area contributed by atoms with Gasteiger partial charge < -0.3 is 10.1 Å². The van der Waals surface area contributed by atoms with E-state index in [4.69, 9.17) is 27.9 Å². The molecule has 28 heavy (non-hydrogen) atoms. The number of halogens is 2. The molecule has 0 bridgehead atoms. The Balaban J connectivity index is 1.76. The van der Waals surface area contributed by atoms with Gasteiger partial charge in [0.1, 0.15) is 5.75 Å². The Bertz CT molecular complexity index is 874. The number of carbonyl (C=O) groups excluding carboxylic acids is 3. The lowest BCUT2D eigenvalue weighted by Crippen LogP contribution is -2.41. The van der Waals surface area contributed by atoms with Crippen LogP contribution in [0.1, 0.15) is 30.1 Å². The SMILES string of the molecule is CCOc1cccc(C(=O)NNC(=O)CCC(=O)Nc2ccc(Cl)cc2Cl)c1. The molecule has 2 rings (SSSR count). The van der Waals surface area contributed by atoms with E-state index in [9.17, 15) is 14.4 Å². The van der Waals surface area contributed by atoms with Gasteiger partial charge in [0.05, 0.1) is 17.3 Å². The molecule has 3 amide bonds. The van der Waals surface area contributed by atoms with Gasteiger partial charge in [-0.3, -0.25) is 25.2 Å². The number of nitrogens with one attached hydrogen (secondary N) is 3. The Morgan fingerprint density at radius 3 is 2.43 bits per heavy atom. The van der Waals surface area contributed by atoms with Crippen LogP contribution in [0.15, 0.2) is 42.5 Å². The standard InChI is InChI=1S/C19H19Cl2N3O4/c1-2-28-14-5-3-4-12(10-14)19(27)24-23-18(26)9-8-17(25)22-16-7-6-13(20)11-15(16)21/h3-7,10-11H,2,8-9H2,1H3,(H,22,25)(H,23,26)(H,24,27). The number of hydrogen-bond donors (Lipinski definition) is 3. The molecule has 0 saturated heterocycles. The predicted molar refractivity (Wildman–Crippen MR) is 108 cm³/mol. The first-order valence-electron chi connectivity index (χ1n) is 8.46. The lowest BCUT2D eigenvalue weighted by atomic mass is 10.2. The van der Waals surface area contributed by atoms with Gasteiger partial charge >= 0.3 is 0 Å². The quantitative estimate of drug-likeness (QED) is 0.592. The Morgan fingerprint density at radius 2 is 1.71 bits per heavy atom. The fourth-order valence-electron chi connectivity index (χ4n) is 2.19. The zero-order chi connectivity index (χ0) is 20.5. The van der Waals surface area contributed by atoms with Crippen LogP contribution in [0, 0.1) is 0 Å². The van der Waals surface area contributed by atoms with E-state index in [2.05, 4.69) is 16.2 Å². The van der Waals surface area contributed by atoms with E-state index in [1.165, 1.54) is 6.07 Å². The second-order valence-electron chi connectivity index (χ2n) is 5.64. The van der Waals surface area contributed by atoms with E-state index in [0.29, 0.717) is 33.7 Å². The third-order valence-corrected chi connectivity index (χ3v) is 4.05. The third kappa shape index (κ3) is 6.75. The minimum Gasteiger partial charge on any atom is -0.494 e. The Labute approximate surface area is 172 Å². The van der Waals surface area contributed by atoms with Gasteiger partial charge in [-0.2, -0.15) is 0 Å². The van der Waals surface area contributed by atoms with Crippen molar-refractivity contribution >= 4 is 46.6 Å². The molecule has 7 nitrogen and oxygen atoms in total. The maximum atomic E-state index is 12.1. The molecule has 0 aromatic heterocycles. The molecule has 148 valence electrons. The van der Waals surface area contributed by atoms with Crippen molar-refractivity contribution in [2.45, 2.75) is 19.8 Å². The van der Waals surface area contributed by atoms with Crippen LogP contribution in [0.4, 0.5) is 5.69 Å². The molecular formula is C19H19Cl2N3O4. The van der Waals surface area contributed by atoms with Gasteiger partial charge in [-0.1, -0.05) is 29.3 Å². The Morgan fingerprint density at radius 1 is 0.964 bits per heavy atom. The molecule has 0 aliphatic carbocycles. The topological polar surface area (TPSA) is 96.5 Å². The van der Waals surface area contributed by atoms with Crippen LogP contribution >= 0.6 is 23.2 Å². The average Bonchev–Trinajstić information content (AvgIpc) is 2.67. The van der Waals surface area contributed by atoms with Crippen molar-refractivity contribution in [2.75, 3.05) is 11.9 Å². The highest BCUT2D eigenvalue weighted by molar-refractivity contribution is 6.36. The van der Waals surface area contributed by atoms with Crippen molar-refractivity contribution < 1.29 is 19.1 Å². The molecule has 0 unspecified atom stereocenters. The van der Waals surface area contributed by atoms with Crippen LogP contribution in [0.2, 0.25) is 10.0 Å². The maximum Gasteiger partial charge on any atom is 0.269 e. The number of carbonyl (C=O) groups is 3. The molecule has 0 fully saturated rings. The van der Waals surface area contributed by atoms with Crippen molar-refractivity contribution in [1.82, 2.24) is 10.9 Å². The van der Waals surface area contributed by atoms with Crippen LogP contribution in [-0.2, 0) is 9.59 Å². The first kappa shape index (κ1) is 21.5. The van der Waals surface area contributed by atoms with Crippen LogP contribution in [-0.4, -0.2) is 24.3 Å². The molecule has 2 aromatic rings. The summed E-state index contributed by atoms with van der Waals surface area (Å²) in [6, 6.07) is 11.2. The first-order chi connectivity index (χ1) is 13.4. The normalized spacial score (nSPS) is 10.1. The van der Waals surface area contributed by atoms with E-state index in [0.717, 1.165) is 0 Å². The second-order valence-corrected chi connectivity index (χ2v) is 6.48. The minimum absolute atomic E-state index is 0.0829. The summed E-state index contributed by atoms with van der Waals surface area (Å²) >= 11 is 11.8. The van der Waals surface area contributed by atoms with Crippen LogP contribution in [0.5, 0.6) is 5.75 Å². The molecule has 0 atom stereocenters. The average molecular weight is 424 g/mol. The highest BCUT2D eigenvalue weighted by Gasteiger charge is 2.11. The lowest BCUT2D eigenvalue weighted by molar-refractivity contribution is -0.124. The smallest absolute Gasteiger partial charge is 0.269 e. The number of amides is 3. The molecule has 0 aliphatic heterocycles. The highest BCUT2D eigenvalue weighted by atomic mass is 35.5. The van der Waals surface area contributed by atoms with Crippen LogP contribution in [0.25, 0.3) is 0 Å². The fourth-order valence-corrected chi connectivity index (χ4v) is 2.64. The van der Waals surface area contributed by atoms with Crippen LogP contribution < -0.4 is 20.9 Å². The summed E-state index contributed by atoms with van der Waals surface area (Å²) in [5.41, 5.74) is 5.30. The van der Waals surface area contributed by atoms with E-state index in [1.807, 2.05) is 6.92 Å². The maximum absolute atomic E-state index is 12.1. The molecule has 3 N–H and O–H groups in total. The zero-order valence-electron chi connectivity index (χ0n) is 15.1. The van der Waals surface area contributed by atoms with Crippen molar-refractivity contribution in [3.05, 3.63) is 58.1 Å². The molecule has 0 radical (unpaired) electrons. The van der Waals surface area contributed by atoms with E-state index < -0.39 is 17.7 Å². The summed E-state index contributed by atoms with van der Waals surface area (Å²) in [7, 11) is 0. The molecule has 2 aromatic carbocycles. The van der Waals surface area contributed by atoms with Gasteiger partial charge in [0.25, 0.3) is 5.91 Å². The molecule has 0 heterocycles. The zero-order valence-corrected chi connectivity index (χ0v) is 16.6. The van der Waals surface area contributed by atoms with E-state index >= 15 is 0 Å². The van der Waals surface area contributed by atoms with Gasteiger partial charge in [-0.15, -0.1) is 0 Å². The van der Waals surface area contributed by atoms with Gasteiger partial charge in [-0.25, -0.2) is 0 Å². The summed E-state index contributed by atoms with van der Waals surface area (Å²) in [4.78, 5) is 35.8. The van der Waals surface area contributed by atoms with Crippen molar-refractivity contribution in [2.24, 2.45) is 0 Å². The number of anilines is 1. The summed E-state index contributed by atoms with van der Waals surface area (Å²) in [6.07, 6.45) is -0.198. The second kappa shape index (κ2) is 10.5.